The highest BCUT2D eigenvalue weighted by Gasteiger charge is 2.29. The van der Waals surface area contributed by atoms with Crippen LogP contribution in [-0.4, -0.2) is 36.0 Å². The standard InChI is InChI=1S/C9H19N3O/c1-2-5-12(7-3-4-7)6-8(10)9(11)13/h7-8H,2-6,10H2,1H3,(H2,11,13). The van der Waals surface area contributed by atoms with E-state index in [-0.39, 0.29) is 0 Å². The summed E-state index contributed by atoms with van der Waals surface area (Å²) in [7, 11) is 0. The topological polar surface area (TPSA) is 72.3 Å². The van der Waals surface area contributed by atoms with E-state index in [9.17, 15) is 4.79 Å². The SMILES string of the molecule is CCCN(CC(N)C(N)=O)C1CC1. The fourth-order valence-corrected chi connectivity index (χ4v) is 1.49. The van der Waals surface area contributed by atoms with Crippen molar-refractivity contribution >= 4 is 5.91 Å². The molecule has 1 amide bonds. The van der Waals surface area contributed by atoms with Gasteiger partial charge in [0, 0.05) is 12.6 Å². The smallest absolute Gasteiger partial charge is 0.235 e. The van der Waals surface area contributed by atoms with Gasteiger partial charge in [0.15, 0.2) is 0 Å². The Hall–Kier alpha value is -0.610. The molecule has 0 aromatic carbocycles. The first-order valence-corrected chi connectivity index (χ1v) is 4.94. The number of amides is 1. The Morgan fingerprint density at radius 3 is 2.62 bits per heavy atom. The lowest BCUT2D eigenvalue weighted by molar-refractivity contribution is -0.119. The van der Waals surface area contributed by atoms with Crippen LogP contribution in [0.25, 0.3) is 0 Å². The van der Waals surface area contributed by atoms with E-state index in [0.29, 0.717) is 12.6 Å². The fraction of sp³-hybridized carbons (Fsp3) is 0.889. The Morgan fingerprint density at radius 2 is 2.23 bits per heavy atom. The van der Waals surface area contributed by atoms with Crippen LogP contribution in [0.1, 0.15) is 26.2 Å². The molecule has 4 heteroatoms. The molecule has 13 heavy (non-hydrogen) atoms. The molecule has 4 nitrogen and oxygen atoms in total. The van der Waals surface area contributed by atoms with E-state index in [1.165, 1.54) is 12.8 Å². The second-order valence-electron chi connectivity index (χ2n) is 3.73. The van der Waals surface area contributed by atoms with Crippen LogP contribution in [0.15, 0.2) is 0 Å². The molecule has 0 saturated heterocycles. The molecule has 76 valence electrons. The maximum absolute atomic E-state index is 10.8. The molecule has 4 N–H and O–H groups in total. The van der Waals surface area contributed by atoms with Crippen LogP contribution in [-0.2, 0) is 4.79 Å². The zero-order valence-corrected chi connectivity index (χ0v) is 8.20. The van der Waals surface area contributed by atoms with E-state index >= 15 is 0 Å². The third-order valence-electron chi connectivity index (χ3n) is 2.37. The number of carbonyl (C=O) groups excluding carboxylic acids is 1. The van der Waals surface area contributed by atoms with Gasteiger partial charge in [-0.25, -0.2) is 0 Å². The predicted octanol–water partition coefficient (Wildman–Crippen LogP) is -0.327. The molecule has 1 aliphatic rings. The average Bonchev–Trinajstić information content (AvgIpc) is 2.85. The summed E-state index contributed by atoms with van der Waals surface area (Å²) >= 11 is 0. The molecule has 1 fully saturated rings. The molecule has 0 heterocycles. The Morgan fingerprint density at radius 1 is 1.62 bits per heavy atom. The van der Waals surface area contributed by atoms with E-state index in [0.717, 1.165) is 13.0 Å². The summed E-state index contributed by atoms with van der Waals surface area (Å²) in [6, 6.07) is 0.150. The van der Waals surface area contributed by atoms with Crippen molar-refractivity contribution in [3.05, 3.63) is 0 Å². The van der Waals surface area contributed by atoms with Gasteiger partial charge in [-0.15, -0.1) is 0 Å². The van der Waals surface area contributed by atoms with Gasteiger partial charge in [-0.2, -0.15) is 0 Å². The molecule has 1 aliphatic carbocycles. The zero-order valence-electron chi connectivity index (χ0n) is 8.20. The third-order valence-corrected chi connectivity index (χ3v) is 2.37. The lowest BCUT2D eigenvalue weighted by Crippen LogP contribution is -2.46. The first-order valence-electron chi connectivity index (χ1n) is 4.94. The molecular weight excluding hydrogens is 166 g/mol. The normalized spacial score (nSPS) is 19.0. The van der Waals surface area contributed by atoms with Gasteiger partial charge in [-0.1, -0.05) is 6.92 Å². The van der Waals surface area contributed by atoms with Crippen molar-refractivity contribution in [2.75, 3.05) is 13.1 Å². The molecule has 0 bridgehead atoms. The minimum atomic E-state index is -0.507. The summed E-state index contributed by atoms with van der Waals surface area (Å²) in [6.45, 7) is 3.77. The van der Waals surface area contributed by atoms with Crippen LogP contribution in [0.5, 0.6) is 0 Å². The number of hydrogen-bond donors (Lipinski definition) is 2. The van der Waals surface area contributed by atoms with Crippen LogP contribution in [0.3, 0.4) is 0 Å². The van der Waals surface area contributed by atoms with E-state index in [1.54, 1.807) is 0 Å². The molecular formula is C9H19N3O. The molecule has 0 spiro atoms. The van der Waals surface area contributed by atoms with E-state index < -0.39 is 11.9 Å². The molecule has 1 atom stereocenters. The van der Waals surface area contributed by atoms with E-state index in [2.05, 4.69) is 11.8 Å². The highest BCUT2D eigenvalue weighted by molar-refractivity contribution is 5.79. The Labute approximate surface area is 79.3 Å². The first kappa shape index (κ1) is 10.5. The molecule has 0 aromatic rings. The van der Waals surface area contributed by atoms with Gasteiger partial charge in [-0.3, -0.25) is 9.69 Å². The predicted molar refractivity (Wildman–Crippen MR) is 52.1 cm³/mol. The van der Waals surface area contributed by atoms with Crippen LogP contribution in [0.2, 0.25) is 0 Å². The fourth-order valence-electron chi connectivity index (χ4n) is 1.49. The first-order chi connectivity index (χ1) is 6.15. The maximum Gasteiger partial charge on any atom is 0.235 e. The van der Waals surface area contributed by atoms with Crippen LogP contribution in [0.4, 0.5) is 0 Å². The van der Waals surface area contributed by atoms with Crippen LogP contribution in [0, 0.1) is 0 Å². The van der Waals surface area contributed by atoms with Crippen molar-refractivity contribution in [1.82, 2.24) is 4.90 Å². The lowest BCUT2D eigenvalue weighted by Gasteiger charge is -2.23. The van der Waals surface area contributed by atoms with Gasteiger partial charge in [0.25, 0.3) is 0 Å². The van der Waals surface area contributed by atoms with Crippen LogP contribution >= 0.6 is 0 Å². The summed E-state index contributed by atoms with van der Waals surface area (Å²) in [5, 5.41) is 0. The monoisotopic (exact) mass is 185 g/mol. The van der Waals surface area contributed by atoms with Crippen LogP contribution < -0.4 is 11.5 Å². The quantitative estimate of drug-likeness (QED) is 0.595. The molecule has 0 radical (unpaired) electrons. The molecule has 0 aliphatic heterocycles. The summed E-state index contributed by atoms with van der Waals surface area (Å²) in [6.07, 6.45) is 3.58. The van der Waals surface area contributed by atoms with Crippen molar-refractivity contribution in [1.29, 1.82) is 0 Å². The highest BCUT2D eigenvalue weighted by atomic mass is 16.1. The minimum Gasteiger partial charge on any atom is -0.368 e. The number of nitrogens with two attached hydrogens (primary N) is 2. The zero-order chi connectivity index (χ0) is 9.84. The second kappa shape index (κ2) is 4.58. The van der Waals surface area contributed by atoms with Crippen molar-refractivity contribution in [3.63, 3.8) is 0 Å². The minimum absolute atomic E-state index is 0.401. The summed E-state index contributed by atoms with van der Waals surface area (Å²) in [5.41, 5.74) is 10.7. The Kier molecular flexibility index (Phi) is 3.69. The van der Waals surface area contributed by atoms with Crippen molar-refractivity contribution < 1.29 is 4.79 Å². The van der Waals surface area contributed by atoms with Gasteiger partial charge in [-0.05, 0) is 25.8 Å². The largest absolute Gasteiger partial charge is 0.368 e. The number of primary amides is 1. The molecule has 1 saturated carbocycles. The van der Waals surface area contributed by atoms with Gasteiger partial charge in [0.05, 0.1) is 6.04 Å². The van der Waals surface area contributed by atoms with E-state index in [1.807, 2.05) is 0 Å². The van der Waals surface area contributed by atoms with Crippen molar-refractivity contribution in [2.45, 2.75) is 38.3 Å². The van der Waals surface area contributed by atoms with Crippen molar-refractivity contribution in [3.8, 4) is 0 Å². The van der Waals surface area contributed by atoms with E-state index in [4.69, 9.17) is 11.5 Å². The van der Waals surface area contributed by atoms with Crippen molar-refractivity contribution in [2.24, 2.45) is 11.5 Å². The Bertz CT molecular complexity index is 180. The second-order valence-corrected chi connectivity index (χ2v) is 3.73. The van der Waals surface area contributed by atoms with Gasteiger partial charge < -0.3 is 11.5 Å². The molecule has 1 rings (SSSR count). The number of rotatable bonds is 6. The molecule has 0 aromatic heterocycles. The summed E-state index contributed by atoms with van der Waals surface area (Å²) in [4.78, 5) is 13.0. The number of carbonyl (C=O) groups is 1. The summed E-state index contributed by atoms with van der Waals surface area (Å²) in [5.74, 6) is -0.401. The van der Waals surface area contributed by atoms with Gasteiger partial charge in [0.2, 0.25) is 5.91 Å². The highest BCUT2D eigenvalue weighted by Crippen LogP contribution is 2.26. The van der Waals surface area contributed by atoms with Gasteiger partial charge in [0.1, 0.15) is 0 Å². The maximum atomic E-state index is 10.8. The Balaban J connectivity index is 2.32. The third kappa shape index (κ3) is 3.32. The number of hydrogen-bond acceptors (Lipinski definition) is 3. The molecule has 1 unspecified atom stereocenters. The average molecular weight is 185 g/mol. The van der Waals surface area contributed by atoms with Gasteiger partial charge >= 0.3 is 0 Å². The lowest BCUT2D eigenvalue weighted by atomic mass is 10.2. The number of nitrogens with zero attached hydrogens (tertiary/aromatic N) is 1. The summed E-state index contributed by atoms with van der Waals surface area (Å²) < 4.78 is 0.